The summed E-state index contributed by atoms with van der Waals surface area (Å²) in [7, 11) is 0. The molecule has 0 aliphatic carbocycles. The van der Waals surface area contributed by atoms with Crippen LogP contribution in [0.25, 0.3) is 69.3 Å². The zero-order chi connectivity index (χ0) is 23.6. The second kappa shape index (κ2) is 7.63. The van der Waals surface area contributed by atoms with Crippen molar-refractivity contribution < 1.29 is 0 Å². The molecule has 0 fully saturated rings. The Hall–Kier alpha value is -4.24. The molecular formula is C32H19N3Se. The monoisotopic (exact) mass is 525 g/mol. The van der Waals surface area contributed by atoms with Crippen LogP contribution in [0.3, 0.4) is 0 Å². The number of pyridine rings is 2. The van der Waals surface area contributed by atoms with E-state index in [1.807, 2.05) is 18.2 Å². The Balaban J connectivity index is 1.31. The molecule has 0 bridgehead atoms. The van der Waals surface area contributed by atoms with Crippen LogP contribution < -0.4 is 0 Å². The van der Waals surface area contributed by atoms with E-state index in [0.717, 1.165) is 38.8 Å². The van der Waals surface area contributed by atoms with Gasteiger partial charge in [0.05, 0.1) is 0 Å². The second-order valence-corrected chi connectivity index (χ2v) is 11.4. The fourth-order valence-electron chi connectivity index (χ4n) is 5.28. The zero-order valence-electron chi connectivity index (χ0n) is 19.2. The molecule has 0 radical (unpaired) electrons. The van der Waals surface area contributed by atoms with Crippen LogP contribution in [0.2, 0.25) is 0 Å². The van der Waals surface area contributed by atoms with E-state index < -0.39 is 0 Å². The average Bonchev–Trinajstić information content (AvgIpc) is 3.51. The first kappa shape index (κ1) is 20.0. The number of aromatic nitrogens is 3. The Morgan fingerprint density at radius 1 is 0.556 bits per heavy atom. The molecule has 0 saturated heterocycles. The third kappa shape index (κ3) is 2.92. The summed E-state index contributed by atoms with van der Waals surface area (Å²) < 4.78 is 5.10. The van der Waals surface area contributed by atoms with Crippen LogP contribution in [0.4, 0.5) is 0 Å². The van der Waals surface area contributed by atoms with E-state index in [1.54, 1.807) is 0 Å². The molecule has 8 rings (SSSR count). The van der Waals surface area contributed by atoms with Crippen LogP contribution in [0.1, 0.15) is 0 Å². The summed E-state index contributed by atoms with van der Waals surface area (Å²) in [4.78, 5) is 10.1. The maximum absolute atomic E-state index is 5.11. The Kier molecular flexibility index (Phi) is 4.24. The van der Waals surface area contributed by atoms with Gasteiger partial charge in [-0.2, -0.15) is 0 Å². The Bertz CT molecular complexity index is 2100. The van der Waals surface area contributed by atoms with Crippen molar-refractivity contribution in [3.63, 3.8) is 0 Å². The molecule has 4 heterocycles. The molecule has 3 nitrogen and oxygen atoms in total. The fourth-order valence-corrected chi connectivity index (χ4v) is 7.56. The van der Waals surface area contributed by atoms with Gasteiger partial charge in [0.15, 0.2) is 0 Å². The minimum absolute atomic E-state index is 0.398. The molecule has 4 aromatic heterocycles. The van der Waals surface area contributed by atoms with Crippen LogP contribution in [0, 0.1) is 0 Å². The number of benzene rings is 4. The van der Waals surface area contributed by atoms with Crippen molar-refractivity contribution in [3.05, 3.63) is 115 Å². The number of hydrogen-bond acceptors (Lipinski definition) is 2. The second-order valence-electron chi connectivity index (χ2n) is 9.10. The summed E-state index contributed by atoms with van der Waals surface area (Å²) in [6.45, 7) is 0. The predicted octanol–water partition coefficient (Wildman–Crippen LogP) is 7.73. The van der Waals surface area contributed by atoms with Gasteiger partial charge >= 0.3 is 177 Å². The summed E-state index contributed by atoms with van der Waals surface area (Å²) in [6.07, 6.45) is 2.07. The van der Waals surface area contributed by atoms with Crippen LogP contribution in [-0.2, 0) is 0 Å². The van der Waals surface area contributed by atoms with E-state index in [-0.39, 0.29) is 0 Å². The van der Waals surface area contributed by atoms with E-state index in [4.69, 9.17) is 9.97 Å². The summed E-state index contributed by atoms with van der Waals surface area (Å²) in [5.74, 6) is 0. The van der Waals surface area contributed by atoms with Crippen molar-refractivity contribution in [2.24, 2.45) is 0 Å². The van der Waals surface area contributed by atoms with Crippen LogP contribution in [-0.4, -0.2) is 28.9 Å². The topological polar surface area (TPSA) is 30.2 Å². The minimum atomic E-state index is 0.398. The molecule has 0 amide bonds. The Labute approximate surface area is 213 Å². The standard InChI is InChI=1S/C32H19N3Se/c1-3-9-26-24(8-1)31-32(35-18-6-5-11-29(35)34-31)30(33-26)21-14-12-20(13-15-21)22-16-17-28-25(19-22)23-7-2-4-10-27(23)36-28/h1-19H. The first-order chi connectivity index (χ1) is 17.8. The molecule has 0 spiro atoms. The fraction of sp³-hybridized carbons (Fsp3) is 0. The zero-order valence-corrected chi connectivity index (χ0v) is 20.9. The number of para-hydroxylation sites is 1. The first-order valence-electron chi connectivity index (χ1n) is 12.0. The van der Waals surface area contributed by atoms with Crippen LogP contribution in [0.15, 0.2) is 115 Å². The summed E-state index contributed by atoms with van der Waals surface area (Å²) in [5, 5.41) is 3.86. The molecule has 168 valence electrons. The van der Waals surface area contributed by atoms with Gasteiger partial charge in [0, 0.05) is 0 Å². The molecule has 4 aromatic carbocycles. The van der Waals surface area contributed by atoms with Crippen molar-refractivity contribution in [2.45, 2.75) is 0 Å². The summed E-state index contributed by atoms with van der Waals surface area (Å²) in [5.41, 5.74) is 8.45. The number of hydrogen-bond donors (Lipinski definition) is 0. The van der Waals surface area contributed by atoms with E-state index in [2.05, 4.69) is 102 Å². The molecule has 0 saturated carbocycles. The van der Waals surface area contributed by atoms with Crippen molar-refractivity contribution in [1.82, 2.24) is 14.4 Å². The molecule has 8 aromatic rings. The van der Waals surface area contributed by atoms with Gasteiger partial charge in [-0.3, -0.25) is 0 Å². The third-order valence-corrected chi connectivity index (χ3v) is 9.43. The van der Waals surface area contributed by atoms with Gasteiger partial charge < -0.3 is 0 Å². The maximum atomic E-state index is 5.11. The third-order valence-electron chi connectivity index (χ3n) is 7.01. The quantitative estimate of drug-likeness (QED) is 0.217. The molecule has 0 aliphatic heterocycles. The predicted molar refractivity (Wildman–Crippen MR) is 151 cm³/mol. The Morgan fingerprint density at radius 3 is 2.19 bits per heavy atom. The van der Waals surface area contributed by atoms with E-state index >= 15 is 0 Å². The number of fused-ring (bicyclic) bond motifs is 8. The average molecular weight is 524 g/mol. The first-order valence-corrected chi connectivity index (χ1v) is 13.7. The van der Waals surface area contributed by atoms with Crippen molar-refractivity contribution >= 4 is 61.4 Å². The number of rotatable bonds is 2. The number of nitrogens with zero attached hydrogens (tertiary/aromatic N) is 3. The van der Waals surface area contributed by atoms with Gasteiger partial charge in [0.1, 0.15) is 0 Å². The van der Waals surface area contributed by atoms with Crippen molar-refractivity contribution in [1.29, 1.82) is 0 Å². The molecule has 36 heavy (non-hydrogen) atoms. The normalized spacial score (nSPS) is 11.9. The molecule has 0 N–H and O–H groups in total. The molecule has 0 unspecified atom stereocenters. The Morgan fingerprint density at radius 2 is 1.28 bits per heavy atom. The molecule has 0 atom stereocenters. The number of imidazole rings is 1. The van der Waals surface area contributed by atoms with Gasteiger partial charge in [-0.15, -0.1) is 0 Å². The van der Waals surface area contributed by atoms with Crippen molar-refractivity contribution in [2.75, 3.05) is 0 Å². The molecule has 0 aliphatic rings. The molecule has 4 heteroatoms. The molecular weight excluding hydrogens is 505 g/mol. The van der Waals surface area contributed by atoms with Gasteiger partial charge in [-0.1, -0.05) is 24.3 Å². The van der Waals surface area contributed by atoms with E-state index in [1.165, 1.54) is 30.4 Å². The van der Waals surface area contributed by atoms with Gasteiger partial charge in [-0.25, -0.2) is 0 Å². The summed E-state index contributed by atoms with van der Waals surface area (Å²) >= 11 is 0.398. The van der Waals surface area contributed by atoms with E-state index in [9.17, 15) is 0 Å². The van der Waals surface area contributed by atoms with Gasteiger partial charge in [0.25, 0.3) is 0 Å². The van der Waals surface area contributed by atoms with Gasteiger partial charge in [-0.05, 0) is 12.1 Å². The van der Waals surface area contributed by atoms with Crippen molar-refractivity contribution in [3.8, 4) is 22.4 Å². The SMILES string of the molecule is c1ccc2c(c1)nc(-c1ccc(-c3ccc4[se]c5ccccc5c4c3)cc1)c1c2nc2ccccn21. The van der Waals surface area contributed by atoms with Crippen LogP contribution >= 0.6 is 0 Å². The van der Waals surface area contributed by atoms with E-state index in [0.29, 0.717) is 14.5 Å². The van der Waals surface area contributed by atoms with Crippen LogP contribution in [0.5, 0.6) is 0 Å². The van der Waals surface area contributed by atoms with Gasteiger partial charge in [0.2, 0.25) is 0 Å². The summed E-state index contributed by atoms with van der Waals surface area (Å²) in [6, 6.07) is 39.0.